The summed E-state index contributed by atoms with van der Waals surface area (Å²) in [5.41, 5.74) is 6.86. The molecule has 4 rings (SSSR count). The lowest BCUT2D eigenvalue weighted by atomic mass is 10.0. The van der Waals surface area contributed by atoms with Gasteiger partial charge in [0.1, 0.15) is 0 Å². The van der Waals surface area contributed by atoms with Crippen LogP contribution in [0.2, 0.25) is 0 Å². The molecule has 0 radical (unpaired) electrons. The molecule has 1 aromatic heterocycles. The highest BCUT2D eigenvalue weighted by atomic mass is 32.2. The van der Waals surface area contributed by atoms with E-state index in [-0.39, 0.29) is 0 Å². The van der Waals surface area contributed by atoms with Gasteiger partial charge in [-0.25, -0.2) is 4.98 Å². The summed E-state index contributed by atoms with van der Waals surface area (Å²) in [6.45, 7) is 0. The second kappa shape index (κ2) is 6.57. The summed E-state index contributed by atoms with van der Waals surface area (Å²) in [6, 6.07) is 25.6. The van der Waals surface area contributed by atoms with Gasteiger partial charge in [-0.2, -0.15) is 0 Å². The van der Waals surface area contributed by atoms with Crippen LogP contribution in [0.1, 0.15) is 5.56 Å². The molecule has 0 aliphatic heterocycles. The zero-order valence-corrected chi connectivity index (χ0v) is 14.1. The number of fused-ring (bicyclic) bond motifs is 1. The van der Waals surface area contributed by atoms with Crippen LogP contribution in [0, 0.1) is 0 Å². The minimum absolute atomic E-state index is 0.977. The SMILES string of the molecule is c1ccc(CSc2ccccc2-c2cccc3scnc23)cc1. The number of rotatable bonds is 4. The number of thiazole rings is 1. The van der Waals surface area contributed by atoms with Gasteiger partial charge < -0.3 is 0 Å². The van der Waals surface area contributed by atoms with E-state index in [0.717, 1.165) is 11.3 Å². The first-order valence-corrected chi connectivity index (χ1v) is 9.37. The number of thioether (sulfide) groups is 1. The number of hydrogen-bond donors (Lipinski definition) is 0. The van der Waals surface area contributed by atoms with E-state index in [1.165, 1.54) is 26.3 Å². The molecule has 0 aliphatic rings. The average Bonchev–Trinajstić information content (AvgIpc) is 3.10. The van der Waals surface area contributed by atoms with Crippen LogP contribution in [0.4, 0.5) is 0 Å². The summed E-state index contributed by atoms with van der Waals surface area (Å²) < 4.78 is 1.24. The van der Waals surface area contributed by atoms with Crippen LogP contribution in [0.25, 0.3) is 21.3 Å². The first kappa shape index (κ1) is 14.5. The van der Waals surface area contributed by atoms with E-state index in [9.17, 15) is 0 Å². The van der Waals surface area contributed by atoms with Crippen LogP contribution in [0.3, 0.4) is 0 Å². The lowest BCUT2D eigenvalue weighted by molar-refractivity contribution is 1.38. The van der Waals surface area contributed by atoms with Crippen LogP contribution in [-0.2, 0) is 5.75 Å². The largest absolute Gasteiger partial charge is 0.244 e. The summed E-state index contributed by atoms with van der Waals surface area (Å²) in [5.74, 6) is 0.977. The normalized spacial score (nSPS) is 11.0. The fourth-order valence-electron chi connectivity index (χ4n) is 2.65. The van der Waals surface area contributed by atoms with Crippen molar-refractivity contribution in [3.8, 4) is 11.1 Å². The van der Waals surface area contributed by atoms with Crippen LogP contribution in [0.15, 0.2) is 83.2 Å². The number of benzene rings is 3. The molecule has 3 heteroatoms. The van der Waals surface area contributed by atoms with Crippen molar-refractivity contribution in [2.75, 3.05) is 0 Å². The van der Waals surface area contributed by atoms with Crippen LogP contribution in [-0.4, -0.2) is 4.98 Å². The molecule has 0 atom stereocenters. The molecule has 0 saturated carbocycles. The maximum absolute atomic E-state index is 4.56. The van der Waals surface area contributed by atoms with Crippen molar-refractivity contribution in [2.24, 2.45) is 0 Å². The van der Waals surface area contributed by atoms with Gasteiger partial charge in [0.25, 0.3) is 0 Å². The molecule has 112 valence electrons. The molecule has 0 bridgehead atoms. The second-order valence-corrected chi connectivity index (χ2v) is 7.18. The molecule has 0 amide bonds. The topological polar surface area (TPSA) is 12.9 Å². The summed E-state index contributed by atoms with van der Waals surface area (Å²) >= 11 is 3.58. The molecule has 23 heavy (non-hydrogen) atoms. The van der Waals surface area contributed by atoms with Gasteiger partial charge in [0, 0.05) is 16.2 Å². The lowest BCUT2D eigenvalue weighted by Crippen LogP contribution is -1.86. The van der Waals surface area contributed by atoms with Crippen LogP contribution < -0.4 is 0 Å². The minimum atomic E-state index is 0.977. The number of para-hydroxylation sites is 1. The van der Waals surface area contributed by atoms with Crippen molar-refractivity contribution in [2.45, 2.75) is 10.6 Å². The van der Waals surface area contributed by atoms with Crippen molar-refractivity contribution in [1.82, 2.24) is 4.98 Å². The minimum Gasteiger partial charge on any atom is -0.244 e. The maximum Gasteiger partial charge on any atom is 0.0890 e. The van der Waals surface area contributed by atoms with E-state index in [4.69, 9.17) is 0 Å². The smallest absolute Gasteiger partial charge is 0.0890 e. The van der Waals surface area contributed by atoms with E-state index in [1.54, 1.807) is 11.3 Å². The van der Waals surface area contributed by atoms with Crippen molar-refractivity contribution < 1.29 is 0 Å². The van der Waals surface area contributed by atoms with Gasteiger partial charge in [-0.1, -0.05) is 60.7 Å². The van der Waals surface area contributed by atoms with E-state index >= 15 is 0 Å². The molecule has 0 N–H and O–H groups in total. The summed E-state index contributed by atoms with van der Waals surface area (Å²) in [5, 5.41) is 0. The van der Waals surface area contributed by atoms with Crippen molar-refractivity contribution in [3.63, 3.8) is 0 Å². The van der Waals surface area contributed by atoms with Gasteiger partial charge >= 0.3 is 0 Å². The van der Waals surface area contributed by atoms with Crippen molar-refractivity contribution in [1.29, 1.82) is 0 Å². The zero-order chi connectivity index (χ0) is 15.5. The Kier molecular flexibility index (Phi) is 4.14. The predicted octanol–water partition coefficient (Wildman–Crippen LogP) is 6.26. The maximum atomic E-state index is 4.56. The fourth-order valence-corrected chi connectivity index (χ4v) is 4.38. The quantitative estimate of drug-likeness (QED) is 0.409. The molecule has 0 unspecified atom stereocenters. The average molecular weight is 333 g/mol. The van der Waals surface area contributed by atoms with Crippen LogP contribution in [0.5, 0.6) is 0 Å². The molecule has 0 fully saturated rings. The van der Waals surface area contributed by atoms with E-state index in [0.29, 0.717) is 0 Å². The number of hydrogen-bond acceptors (Lipinski definition) is 3. The Bertz CT molecular complexity index is 928. The van der Waals surface area contributed by atoms with E-state index < -0.39 is 0 Å². The Balaban J connectivity index is 1.71. The first-order valence-electron chi connectivity index (χ1n) is 7.50. The van der Waals surface area contributed by atoms with Gasteiger partial charge in [0.15, 0.2) is 0 Å². The fraction of sp³-hybridized carbons (Fsp3) is 0.0500. The number of aromatic nitrogens is 1. The Morgan fingerprint density at radius 1 is 0.783 bits per heavy atom. The van der Waals surface area contributed by atoms with E-state index in [2.05, 4.69) is 77.8 Å². The second-order valence-electron chi connectivity index (χ2n) is 5.28. The Labute approximate surface area is 144 Å². The molecule has 0 saturated heterocycles. The van der Waals surface area contributed by atoms with Crippen molar-refractivity contribution >= 4 is 33.3 Å². The Morgan fingerprint density at radius 2 is 1.57 bits per heavy atom. The predicted molar refractivity (Wildman–Crippen MR) is 101 cm³/mol. The monoisotopic (exact) mass is 333 g/mol. The highest BCUT2D eigenvalue weighted by molar-refractivity contribution is 7.98. The van der Waals surface area contributed by atoms with Gasteiger partial charge in [0.2, 0.25) is 0 Å². The molecule has 3 aromatic carbocycles. The Morgan fingerprint density at radius 3 is 2.48 bits per heavy atom. The molecule has 0 spiro atoms. The molecule has 1 heterocycles. The summed E-state index contributed by atoms with van der Waals surface area (Å²) in [4.78, 5) is 5.87. The summed E-state index contributed by atoms with van der Waals surface area (Å²) in [6.07, 6.45) is 0. The van der Waals surface area contributed by atoms with Gasteiger partial charge in [-0.3, -0.25) is 0 Å². The molecule has 1 nitrogen and oxygen atoms in total. The first-order chi connectivity index (χ1) is 11.4. The summed E-state index contributed by atoms with van der Waals surface area (Å²) in [7, 11) is 0. The lowest BCUT2D eigenvalue weighted by Gasteiger charge is -2.10. The van der Waals surface area contributed by atoms with Gasteiger partial charge in [-0.15, -0.1) is 23.1 Å². The van der Waals surface area contributed by atoms with Gasteiger partial charge in [-0.05, 0) is 23.3 Å². The molecular weight excluding hydrogens is 318 g/mol. The highest BCUT2D eigenvalue weighted by Gasteiger charge is 2.10. The third kappa shape index (κ3) is 3.03. The van der Waals surface area contributed by atoms with Crippen LogP contribution >= 0.6 is 23.1 Å². The highest BCUT2D eigenvalue weighted by Crippen LogP contribution is 2.37. The van der Waals surface area contributed by atoms with E-state index in [1.807, 2.05) is 17.3 Å². The number of nitrogens with zero attached hydrogens (tertiary/aromatic N) is 1. The Hall–Kier alpha value is -2.10. The zero-order valence-electron chi connectivity index (χ0n) is 12.5. The van der Waals surface area contributed by atoms with Gasteiger partial charge in [0.05, 0.1) is 15.7 Å². The molecule has 0 aliphatic carbocycles. The third-order valence-electron chi connectivity index (χ3n) is 3.77. The third-order valence-corrected chi connectivity index (χ3v) is 5.71. The molecule has 4 aromatic rings. The van der Waals surface area contributed by atoms with Crippen molar-refractivity contribution in [3.05, 3.63) is 83.9 Å². The molecular formula is C20H15NS2. The standard InChI is InChI=1S/C20H15NS2/c1-2-7-15(8-3-1)13-22-18-11-5-4-9-16(18)17-10-6-12-19-20(17)21-14-23-19/h1-12,14H,13H2.